The molecule has 38 heavy (non-hydrogen) atoms. The number of nitrogens with one attached hydrogen (secondary N) is 1. The number of hydrogen-bond acceptors (Lipinski definition) is 15. The standard InChI is InChI=1S/C21H33NO14S2/c1-9-15(24)18(27)20(29)21(33-9)34-11-4-2-10(3-5-11)6-14(22-36-38(30,31)32)37-8-13-17(26)19(28)16(25)12(7-23)35-13/h2-5,9,12-29H,6-8H2,1H3,(H,30,31,32). The number of hydrogen-bond donors (Lipinski definition) is 9. The Kier molecular flexibility index (Phi) is 11.1. The van der Waals surface area contributed by atoms with Gasteiger partial charge in [-0.25, -0.2) is 0 Å². The summed E-state index contributed by atoms with van der Waals surface area (Å²) in [5, 5.41) is 68.4. The Morgan fingerprint density at radius 3 is 2.13 bits per heavy atom. The van der Waals surface area contributed by atoms with E-state index in [9.17, 15) is 44.2 Å². The van der Waals surface area contributed by atoms with Gasteiger partial charge in [-0.05, 0) is 31.0 Å². The number of aliphatic hydroxyl groups is 7. The van der Waals surface area contributed by atoms with Crippen molar-refractivity contribution in [3.8, 4) is 5.75 Å². The highest BCUT2D eigenvalue weighted by Crippen LogP contribution is 2.27. The topological polar surface area (TPSA) is 245 Å². The summed E-state index contributed by atoms with van der Waals surface area (Å²) in [5.74, 6) is 0.236. The Bertz CT molecular complexity index is 983. The lowest BCUT2D eigenvalue weighted by atomic mass is 9.96. The van der Waals surface area contributed by atoms with E-state index in [-0.39, 0.29) is 17.9 Å². The van der Waals surface area contributed by atoms with Crippen molar-refractivity contribution >= 4 is 22.2 Å². The Morgan fingerprint density at radius 2 is 1.53 bits per heavy atom. The van der Waals surface area contributed by atoms with E-state index in [1.165, 1.54) is 19.1 Å². The van der Waals surface area contributed by atoms with E-state index in [4.69, 9.17) is 18.8 Å². The third-order valence-corrected chi connectivity index (χ3v) is 7.64. The second kappa shape index (κ2) is 13.5. The zero-order valence-corrected chi connectivity index (χ0v) is 21.8. The fourth-order valence-corrected chi connectivity index (χ4v) is 5.36. The third kappa shape index (κ3) is 8.18. The van der Waals surface area contributed by atoms with E-state index in [0.717, 1.165) is 11.8 Å². The summed E-state index contributed by atoms with van der Waals surface area (Å²) < 4.78 is 51.8. The number of ether oxygens (including phenoxy) is 3. The first-order chi connectivity index (χ1) is 17.8. The fraction of sp³-hybridized carbons (Fsp3) is 0.714. The summed E-state index contributed by atoms with van der Waals surface area (Å²) in [4.78, 5) is 0. The molecule has 218 valence electrons. The van der Waals surface area contributed by atoms with Gasteiger partial charge in [-0.2, -0.15) is 18.2 Å². The third-order valence-electron chi connectivity index (χ3n) is 6.14. The van der Waals surface area contributed by atoms with E-state index in [1.807, 2.05) is 0 Å². The van der Waals surface area contributed by atoms with E-state index < -0.39 is 83.6 Å². The average Bonchev–Trinajstić information content (AvgIpc) is 2.87. The van der Waals surface area contributed by atoms with Crippen molar-refractivity contribution in [1.82, 2.24) is 5.48 Å². The summed E-state index contributed by atoms with van der Waals surface area (Å²) in [5.41, 5.74) is 2.83. The molecule has 3 rings (SSSR count). The molecule has 0 amide bonds. The molecular weight excluding hydrogens is 554 g/mol. The van der Waals surface area contributed by atoms with Gasteiger partial charge in [-0.1, -0.05) is 12.1 Å². The van der Waals surface area contributed by atoms with Gasteiger partial charge in [0.2, 0.25) is 6.29 Å². The van der Waals surface area contributed by atoms with Gasteiger partial charge in [0, 0.05) is 5.75 Å². The average molecular weight is 588 g/mol. The molecule has 2 aliphatic heterocycles. The maximum absolute atomic E-state index is 11.1. The number of hydroxylamine groups is 1. The van der Waals surface area contributed by atoms with Gasteiger partial charge in [0.25, 0.3) is 0 Å². The molecule has 9 N–H and O–H groups in total. The van der Waals surface area contributed by atoms with Gasteiger partial charge in [0.1, 0.15) is 48.5 Å². The van der Waals surface area contributed by atoms with Crippen molar-refractivity contribution in [3.63, 3.8) is 0 Å². The largest absolute Gasteiger partial charge is 0.462 e. The van der Waals surface area contributed by atoms with Crippen molar-refractivity contribution in [3.05, 3.63) is 29.8 Å². The predicted octanol–water partition coefficient (Wildman–Crippen LogP) is -3.34. The zero-order chi connectivity index (χ0) is 28.2. The lowest BCUT2D eigenvalue weighted by Crippen LogP contribution is -2.59. The van der Waals surface area contributed by atoms with Crippen LogP contribution in [0.3, 0.4) is 0 Å². The molecule has 2 heterocycles. The summed E-state index contributed by atoms with van der Waals surface area (Å²) in [6.45, 7) is 0.915. The molecule has 1 aromatic carbocycles. The number of aliphatic hydroxyl groups excluding tert-OH is 7. The molecule has 0 aromatic heterocycles. The Labute approximate surface area is 222 Å². The van der Waals surface area contributed by atoms with Crippen molar-refractivity contribution < 1.29 is 67.2 Å². The van der Waals surface area contributed by atoms with Crippen LogP contribution in [0.5, 0.6) is 5.75 Å². The number of thioether (sulfide) groups is 1. The van der Waals surface area contributed by atoms with Crippen LogP contribution >= 0.6 is 11.8 Å². The van der Waals surface area contributed by atoms with E-state index in [0.29, 0.717) is 5.56 Å². The van der Waals surface area contributed by atoms with Gasteiger partial charge >= 0.3 is 10.4 Å². The molecule has 2 fully saturated rings. The highest BCUT2D eigenvalue weighted by molar-refractivity contribution is 7.99. The second-order valence-electron chi connectivity index (χ2n) is 8.97. The minimum atomic E-state index is -4.84. The second-order valence-corrected chi connectivity index (χ2v) is 11.2. The Balaban J connectivity index is 1.63. The maximum atomic E-state index is 11.1. The van der Waals surface area contributed by atoms with Crippen molar-refractivity contribution in [1.29, 1.82) is 0 Å². The normalized spacial score (nSPS) is 37.1. The fourth-order valence-electron chi connectivity index (χ4n) is 3.94. The summed E-state index contributed by atoms with van der Waals surface area (Å²) >= 11 is 1.01. The predicted molar refractivity (Wildman–Crippen MR) is 129 cm³/mol. The first kappa shape index (κ1) is 31.4. The molecule has 0 radical (unpaired) electrons. The monoisotopic (exact) mass is 587 g/mol. The number of benzene rings is 1. The van der Waals surface area contributed by atoms with Crippen LogP contribution < -0.4 is 10.2 Å². The number of rotatable bonds is 11. The maximum Gasteiger partial charge on any atom is 0.413 e. The van der Waals surface area contributed by atoms with Crippen LogP contribution in [0.1, 0.15) is 12.5 Å². The Morgan fingerprint density at radius 1 is 0.921 bits per heavy atom. The van der Waals surface area contributed by atoms with Crippen LogP contribution in [-0.2, 0) is 30.6 Å². The molecule has 2 saturated heterocycles. The molecule has 0 bridgehead atoms. The molecule has 11 atom stereocenters. The first-order valence-corrected chi connectivity index (χ1v) is 14.0. The van der Waals surface area contributed by atoms with Gasteiger partial charge in [0.05, 0.1) is 24.2 Å². The molecule has 15 nitrogen and oxygen atoms in total. The van der Waals surface area contributed by atoms with Crippen LogP contribution in [0.15, 0.2) is 24.3 Å². The smallest absolute Gasteiger partial charge is 0.413 e. The molecule has 0 aliphatic carbocycles. The quantitative estimate of drug-likeness (QED) is 0.0698. The molecular formula is C21H33NO14S2. The van der Waals surface area contributed by atoms with Crippen LogP contribution in [0.25, 0.3) is 0 Å². The summed E-state index contributed by atoms with van der Waals surface area (Å²) in [6, 6.07) is 6.26. The molecule has 0 saturated carbocycles. The first-order valence-electron chi connectivity index (χ1n) is 11.6. The minimum Gasteiger partial charge on any atom is -0.462 e. The van der Waals surface area contributed by atoms with Crippen molar-refractivity contribution in [2.45, 2.75) is 79.9 Å². The summed E-state index contributed by atoms with van der Waals surface area (Å²) in [6.07, 6.45) is -12.9. The van der Waals surface area contributed by atoms with Gasteiger partial charge in [-0.15, -0.1) is 11.8 Å². The SMILES string of the molecule is CC1OC(Oc2ccc(CC(NOS(=O)(=O)O)SCC3OC(CO)C(O)C(O)C3O)cc2)C(O)C(O)C1O. The zero-order valence-electron chi connectivity index (χ0n) is 20.1. The van der Waals surface area contributed by atoms with E-state index >= 15 is 0 Å². The molecule has 0 spiro atoms. The van der Waals surface area contributed by atoms with Crippen molar-refractivity contribution in [2.24, 2.45) is 0 Å². The highest BCUT2D eigenvalue weighted by atomic mass is 32.3. The molecule has 1 aromatic rings. The lowest BCUT2D eigenvalue weighted by Gasteiger charge is -2.40. The van der Waals surface area contributed by atoms with E-state index in [2.05, 4.69) is 9.76 Å². The Hall–Kier alpha value is -1.16. The molecule has 11 unspecified atom stereocenters. The minimum absolute atomic E-state index is 0.0294. The van der Waals surface area contributed by atoms with Crippen LogP contribution in [-0.4, -0.2) is 128 Å². The van der Waals surface area contributed by atoms with Gasteiger partial charge in [0.15, 0.2) is 0 Å². The van der Waals surface area contributed by atoms with Crippen LogP contribution in [0.2, 0.25) is 0 Å². The van der Waals surface area contributed by atoms with Crippen molar-refractivity contribution in [2.75, 3.05) is 12.4 Å². The van der Waals surface area contributed by atoms with Gasteiger partial charge in [-0.3, -0.25) is 4.55 Å². The molecule has 2 aliphatic rings. The van der Waals surface area contributed by atoms with Crippen LogP contribution in [0, 0.1) is 0 Å². The van der Waals surface area contributed by atoms with E-state index in [1.54, 1.807) is 12.1 Å². The van der Waals surface area contributed by atoms with Gasteiger partial charge < -0.3 is 50.0 Å². The van der Waals surface area contributed by atoms with Crippen LogP contribution in [0.4, 0.5) is 0 Å². The summed E-state index contributed by atoms with van der Waals surface area (Å²) in [7, 11) is -4.84. The highest BCUT2D eigenvalue weighted by Gasteiger charge is 2.44. The molecule has 17 heteroatoms. The lowest BCUT2D eigenvalue weighted by molar-refractivity contribution is -0.268.